The summed E-state index contributed by atoms with van der Waals surface area (Å²) in [6.07, 6.45) is -1.35. The zero-order chi connectivity index (χ0) is 18.7. The number of alkyl halides is 2. The predicted molar refractivity (Wildman–Crippen MR) is 85.1 cm³/mol. The topological polar surface area (TPSA) is 69.1 Å². The van der Waals surface area contributed by atoms with E-state index >= 15 is 0 Å². The highest BCUT2D eigenvalue weighted by molar-refractivity contribution is 7.89. The van der Waals surface area contributed by atoms with Gasteiger partial charge in [0.25, 0.3) is 12.3 Å². The number of hydrogen-bond acceptors (Lipinski definition) is 3. The number of carbonyl (C=O) groups is 1. The van der Waals surface area contributed by atoms with Crippen molar-refractivity contribution >= 4 is 34.6 Å². The highest BCUT2D eigenvalue weighted by Gasteiger charge is 2.21. The number of halogens is 5. The van der Waals surface area contributed by atoms with E-state index in [-0.39, 0.29) is 16.3 Å². The van der Waals surface area contributed by atoms with Crippen LogP contribution in [0.5, 0.6) is 0 Å². The Balaban J connectivity index is 2.15. The van der Waals surface area contributed by atoms with Gasteiger partial charge in [0.2, 0.25) is 0 Å². The van der Waals surface area contributed by atoms with Crippen LogP contribution in [-0.2, 0) is 18.4 Å². The lowest BCUT2D eigenvalue weighted by atomic mass is 10.3. The van der Waals surface area contributed by atoms with Crippen molar-refractivity contribution in [1.29, 1.82) is 0 Å². The molecule has 1 aromatic carbocycles. The number of nitrogens with zero attached hydrogens (tertiary/aromatic N) is 1. The van der Waals surface area contributed by atoms with Crippen LogP contribution in [0.4, 0.5) is 23.2 Å². The molecule has 0 bridgehead atoms. The second kappa shape index (κ2) is 8.09. The molecule has 25 heavy (non-hydrogen) atoms. The second-order valence-electron chi connectivity index (χ2n) is 4.89. The summed E-state index contributed by atoms with van der Waals surface area (Å²) in [7, 11) is 1.47. The first-order valence-corrected chi connectivity index (χ1v) is 8.27. The van der Waals surface area contributed by atoms with Gasteiger partial charge in [0, 0.05) is 24.9 Å². The minimum Gasteiger partial charge on any atom is -0.593 e. The molecule has 0 radical (unpaired) electrons. The lowest BCUT2D eigenvalue weighted by Gasteiger charge is -2.07. The quantitative estimate of drug-likeness (QED) is 0.447. The van der Waals surface area contributed by atoms with Gasteiger partial charge in [-0.25, -0.2) is 17.6 Å². The molecular formula is C14H12ClF4N3O2S. The van der Waals surface area contributed by atoms with Crippen LogP contribution in [0, 0.1) is 11.6 Å². The first-order chi connectivity index (χ1) is 11.7. The molecule has 5 nitrogen and oxygen atoms in total. The van der Waals surface area contributed by atoms with Crippen LogP contribution in [0.1, 0.15) is 10.5 Å². The molecule has 1 aromatic heterocycles. The molecule has 0 aliphatic rings. The number of aryl methyl sites for hydroxylation is 1. The monoisotopic (exact) mass is 397 g/mol. The largest absolute Gasteiger partial charge is 0.593 e. The van der Waals surface area contributed by atoms with Crippen LogP contribution in [0.3, 0.4) is 0 Å². The molecule has 2 N–H and O–H groups in total. The SMILES string of the molecule is Cn1cc([S+]([O-])NCC(F)F)cc1C(=O)Nc1cc(F)c(F)c(Cl)c1. The first kappa shape index (κ1) is 19.6. The summed E-state index contributed by atoms with van der Waals surface area (Å²) in [5.74, 6) is -3.17. The third-order valence-corrected chi connectivity index (χ3v) is 4.39. The normalized spacial score (nSPS) is 12.5. The fourth-order valence-corrected chi connectivity index (χ4v) is 3.03. The van der Waals surface area contributed by atoms with Gasteiger partial charge in [-0.05, 0) is 6.07 Å². The van der Waals surface area contributed by atoms with Crippen molar-refractivity contribution in [2.45, 2.75) is 11.3 Å². The Morgan fingerprint density at radius 2 is 2.04 bits per heavy atom. The fraction of sp³-hybridized carbons (Fsp3) is 0.214. The molecule has 11 heteroatoms. The summed E-state index contributed by atoms with van der Waals surface area (Å²) >= 11 is 3.58. The maximum absolute atomic E-state index is 13.3. The fourth-order valence-electron chi connectivity index (χ4n) is 1.91. The van der Waals surface area contributed by atoms with Crippen molar-refractivity contribution in [2.24, 2.45) is 7.05 Å². The van der Waals surface area contributed by atoms with Gasteiger partial charge in [0.15, 0.2) is 16.5 Å². The zero-order valence-corrected chi connectivity index (χ0v) is 14.2. The molecule has 0 spiro atoms. The van der Waals surface area contributed by atoms with E-state index in [1.807, 2.05) is 0 Å². The molecule has 0 aliphatic heterocycles. The van der Waals surface area contributed by atoms with E-state index in [1.165, 1.54) is 23.9 Å². The molecule has 1 heterocycles. The van der Waals surface area contributed by atoms with Crippen molar-refractivity contribution in [2.75, 3.05) is 11.9 Å². The molecule has 0 saturated carbocycles. The number of carbonyl (C=O) groups excluding carboxylic acids is 1. The second-order valence-corrected chi connectivity index (χ2v) is 6.59. The van der Waals surface area contributed by atoms with Gasteiger partial charge in [-0.1, -0.05) is 11.6 Å². The molecular weight excluding hydrogens is 386 g/mol. The van der Waals surface area contributed by atoms with Crippen molar-refractivity contribution in [3.05, 3.63) is 46.7 Å². The first-order valence-electron chi connectivity index (χ1n) is 6.74. The van der Waals surface area contributed by atoms with Crippen LogP contribution in [0.15, 0.2) is 29.3 Å². The predicted octanol–water partition coefficient (Wildman–Crippen LogP) is 3.09. The summed E-state index contributed by atoms with van der Waals surface area (Å²) < 4.78 is 66.0. The number of aromatic nitrogens is 1. The third kappa shape index (κ3) is 4.88. The molecule has 0 saturated heterocycles. The Labute approximate surface area is 148 Å². The molecule has 136 valence electrons. The van der Waals surface area contributed by atoms with E-state index < -0.39 is 46.9 Å². The van der Waals surface area contributed by atoms with Gasteiger partial charge >= 0.3 is 0 Å². The number of hydrogen-bond donors (Lipinski definition) is 2. The highest BCUT2D eigenvalue weighted by Crippen LogP contribution is 2.23. The maximum Gasteiger partial charge on any atom is 0.272 e. The lowest BCUT2D eigenvalue weighted by molar-refractivity contribution is 0.101. The molecule has 1 atom stereocenters. The van der Waals surface area contributed by atoms with Gasteiger partial charge in [-0.3, -0.25) is 4.79 Å². The molecule has 2 aromatic rings. The summed E-state index contributed by atoms with van der Waals surface area (Å²) in [5, 5.41) is 1.82. The van der Waals surface area contributed by atoms with Crippen LogP contribution in [0.25, 0.3) is 0 Å². The molecule has 0 aliphatic carbocycles. The molecule has 0 fully saturated rings. The van der Waals surface area contributed by atoms with Gasteiger partial charge in [-0.15, -0.1) is 4.72 Å². The molecule has 1 amide bonds. The number of anilines is 1. The van der Waals surface area contributed by atoms with Crippen molar-refractivity contribution in [3.63, 3.8) is 0 Å². The Kier molecular flexibility index (Phi) is 6.33. The Bertz CT molecular complexity index is 764. The molecule has 2 rings (SSSR count). The maximum atomic E-state index is 13.3. The van der Waals surface area contributed by atoms with Crippen LogP contribution in [-0.4, -0.2) is 28.0 Å². The van der Waals surface area contributed by atoms with E-state index in [0.717, 1.165) is 12.1 Å². The van der Waals surface area contributed by atoms with Crippen molar-refractivity contribution < 1.29 is 26.9 Å². The number of amides is 1. The van der Waals surface area contributed by atoms with Gasteiger partial charge < -0.3 is 14.4 Å². The standard InChI is InChI=1S/C14H12ClF4N3O2S/c1-22-6-8(25(24)20-5-12(17)18)4-11(22)14(23)21-7-2-9(15)13(19)10(16)3-7/h2-4,6,12,20H,5H2,1H3,(H,21,23). The summed E-state index contributed by atoms with van der Waals surface area (Å²) in [5.41, 5.74) is -0.0448. The van der Waals surface area contributed by atoms with Crippen LogP contribution >= 0.6 is 11.6 Å². The van der Waals surface area contributed by atoms with E-state index in [4.69, 9.17) is 11.6 Å². The number of benzene rings is 1. The summed E-state index contributed by atoms with van der Waals surface area (Å²) in [6.45, 7) is -0.767. The van der Waals surface area contributed by atoms with E-state index in [9.17, 15) is 26.9 Å². The Hall–Kier alpha value is -1.75. The van der Waals surface area contributed by atoms with Gasteiger partial charge in [-0.2, -0.15) is 0 Å². The summed E-state index contributed by atoms with van der Waals surface area (Å²) in [4.78, 5) is 12.3. The lowest BCUT2D eigenvalue weighted by Crippen LogP contribution is -2.28. The molecule has 1 unspecified atom stereocenters. The minimum absolute atomic E-state index is 0.0306. The van der Waals surface area contributed by atoms with E-state index in [0.29, 0.717) is 0 Å². The van der Waals surface area contributed by atoms with Crippen LogP contribution in [0.2, 0.25) is 5.02 Å². The highest BCUT2D eigenvalue weighted by atomic mass is 35.5. The van der Waals surface area contributed by atoms with E-state index in [2.05, 4.69) is 10.0 Å². The number of nitrogens with one attached hydrogen (secondary N) is 2. The minimum atomic E-state index is -2.67. The van der Waals surface area contributed by atoms with E-state index in [1.54, 1.807) is 0 Å². The smallest absolute Gasteiger partial charge is 0.272 e. The van der Waals surface area contributed by atoms with Crippen molar-refractivity contribution in [1.82, 2.24) is 9.29 Å². The van der Waals surface area contributed by atoms with Crippen molar-refractivity contribution in [3.8, 4) is 0 Å². The zero-order valence-electron chi connectivity index (χ0n) is 12.7. The Morgan fingerprint density at radius 3 is 2.64 bits per heavy atom. The number of rotatable bonds is 6. The van der Waals surface area contributed by atoms with Gasteiger partial charge in [0.05, 0.1) is 22.6 Å². The average Bonchev–Trinajstić information content (AvgIpc) is 2.92. The van der Waals surface area contributed by atoms with Crippen LogP contribution < -0.4 is 10.0 Å². The average molecular weight is 398 g/mol. The third-order valence-electron chi connectivity index (χ3n) is 3.04. The summed E-state index contributed by atoms with van der Waals surface area (Å²) in [6, 6.07) is 3.01. The van der Waals surface area contributed by atoms with Gasteiger partial charge in [0.1, 0.15) is 12.2 Å². The Morgan fingerprint density at radius 1 is 1.36 bits per heavy atom.